The van der Waals surface area contributed by atoms with Crippen LogP contribution >= 0.6 is 0 Å². The number of nitrogen functional groups attached to an aromatic ring is 1. The van der Waals surface area contributed by atoms with E-state index < -0.39 is 0 Å². The van der Waals surface area contributed by atoms with Crippen molar-refractivity contribution in [1.82, 2.24) is 0 Å². The topological polar surface area (TPSA) is 61.5 Å². The summed E-state index contributed by atoms with van der Waals surface area (Å²) in [6.07, 6.45) is 11.7. The number of hydrogen-bond acceptors (Lipinski definition) is 4. The Labute approximate surface area is 146 Å². The zero-order valence-electron chi connectivity index (χ0n) is 15.1. The van der Waals surface area contributed by atoms with Crippen LogP contribution in [0.2, 0.25) is 0 Å². The van der Waals surface area contributed by atoms with Crippen LogP contribution in [0.1, 0.15) is 71.1 Å². The van der Waals surface area contributed by atoms with E-state index in [9.17, 15) is 4.79 Å². The van der Waals surface area contributed by atoms with E-state index in [2.05, 4.69) is 6.92 Å². The van der Waals surface area contributed by atoms with Crippen molar-refractivity contribution in [3.63, 3.8) is 0 Å². The standard InChI is InChI=1S/C20H33NO3/c1-2-3-4-5-6-7-8-9-10-15-20(22)24-17-16-23-19-14-12-11-13-18(19)21/h11-14H,2-10,15-17,21H2,1H3. The molecule has 0 radical (unpaired) electrons. The van der Waals surface area contributed by atoms with Crippen molar-refractivity contribution in [3.05, 3.63) is 24.3 Å². The summed E-state index contributed by atoms with van der Waals surface area (Å²) in [6, 6.07) is 7.31. The van der Waals surface area contributed by atoms with Gasteiger partial charge in [-0.1, -0.05) is 70.4 Å². The fourth-order valence-corrected chi connectivity index (χ4v) is 2.57. The van der Waals surface area contributed by atoms with Gasteiger partial charge in [0.1, 0.15) is 19.0 Å². The van der Waals surface area contributed by atoms with Crippen LogP contribution in [0.3, 0.4) is 0 Å². The van der Waals surface area contributed by atoms with Crippen LogP contribution in [0.5, 0.6) is 5.75 Å². The number of carbonyl (C=O) groups is 1. The lowest BCUT2D eigenvalue weighted by Crippen LogP contribution is -2.12. The van der Waals surface area contributed by atoms with E-state index in [1.807, 2.05) is 12.1 Å². The number of nitrogens with two attached hydrogens (primary N) is 1. The molecule has 0 aliphatic heterocycles. The molecule has 4 nitrogen and oxygen atoms in total. The molecule has 0 aromatic heterocycles. The number of rotatable bonds is 14. The molecular weight excluding hydrogens is 302 g/mol. The lowest BCUT2D eigenvalue weighted by atomic mass is 10.1. The van der Waals surface area contributed by atoms with Crippen molar-refractivity contribution < 1.29 is 14.3 Å². The maximum absolute atomic E-state index is 11.6. The first-order valence-electron chi connectivity index (χ1n) is 9.37. The van der Waals surface area contributed by atoms with Gasteiger partial charge in [-0.2, -0.15) is 0 Å². The minimum absolute atomic E-state index is 0.137. The van der Waals surface area contributed by atoms with Gasteiger partial charge in [0.15, 0.2) is 0 Å². The number of anilines is 1. The second-order valence-corrected chi connectivity index (χ2v) is 6.19. The third-order valence-electron chi connectivity index (χ3n) is 4.01. The van der Waals surface area contributed by atoms with Crippen molar-refractivity contribution in [2.45, 2.75) is 71.1 Å². The number of carbonyl (C=O) groups excluding carboxylic acids is 1. The highest BCUT2D eigenvalue weighted by Crippen LogP contribution is 2.19. The van der Waals surface area contributed by atoms with Gasteiger partial charge in [0, 0.05) is 6.42 Å². The molecule has 0 bridgehead atoms. The molecule has 1 rings (SSSR count). The average Bonchev–Trinajstić information content (AvgIpc) is 2.58. The van der Waals surface area contributed by atoms with Crippen LogP contribution in [-0.4, -0.2) is 19.2 Å². The van der Waals surface area contributed by atoms with E-state index in [1.165, 1.54) is 44.9 Å². The fraction of sp³-hybridized carbons (Fsp3) is 0.650. The number of ether oxygens (including phenoxy) is 2. The SMILES string of the molecule is CCCCCCCCCCCC(=O)OCCOc1ccccc1N. The van der Waals surface area contributed by atoms with E-state index >= 15 is 0 Å². The van der Waals surface area contributed by atoms with E-state index in [4.69, 9.17) is 15.2 Å². The van der Waals surface area contributed by atoms with Crippen molar-refractivity contribution >= 4 is 11.7 Å². The maximum atomic E-state index is 11.6. The highest BCUT2D eigenvalue weighted by atomic mass is 16.6. The van der Waals surface area contributed by atoms with Crippen LogP contribution < -0.4 is 10.5 Å². The molecule has 0 aliphatic carbocycles. The second-order valence-electron chi connectivity index (χ2n) is 6.19. The third kappa shape index (κ3) is 10.1. The average molecular weight is 335 g/mol. The Morgan fingerprint density at radius 3 is 2.21 bits per heavy atom. The van der Waals surface area contributed by atoms with Crippen molar-refractivity contribution in [2.75, 3.05) is 18.9 Å². The van der Waals surface area contributed by atoms with Gasteiger partial charge in [0.05, 0.1) is 5.69 Å². The molecule has 0 saturated heterocycles. The van der Waals surface area contributed by atoms with E-state index in [1.54, 1.807) is 12.1 Å². The van der Waals surface area contributed by atoms with Gasteiger partial charge in [0.2, 0.25) is 0 Å². The predicted molar refractivity (Wildman–Crippen MR) is 99.2 cm³/mol. The van der Waals surface area contributed by atoms with E-state index in [-0.39, 0.29) is 12.6 Å². The summed E-state index contributed by atoms with van der Waals surface area (Å²) in [5, 5.41) is 0. The molecule has 0 heterocycles. The molecule has 0 atom stereocenters. The fourth-order valence-electron chi connectivity index (χ4n) is 2.57. The Morgan fingerprint density at radius 2 is 1.54 bits per heavy atom. The largest absolute Gasteiger partial charge is 0.488 e. The second kappa shape index (κ2) is 13.7. The predicted octanol–water partition coefficient (Wildman–Crippen LogP) is 5.11. The first-order valence-corrected chi connectivity index (χ1v) is 9.37. The Balaban J connectivity index is 1.91. The van der Waals surface area contributed by atoms with Crippen LogP contribution in [0.25, 0.3) is 0 Å². The quantitative estimate of drug-likeness (QED) is 0.291. The number of hydrogen-bond donors (Lipinski definition) is 1. The molecular formula is C20H33NO3. The summed E-state index contributed by atoms with van der Waals surface area (Å²) in [6.45, 7) is 2.84. The monoisotopic (exact) mass is 335 g/mol. The van der Waals surface area contributed by atoms with E-state index in [0.29, 0.717) is 24.5 Å². The van der Waals surface area contributed by atoms with Crippen molar-refractivity contribution in [2.24, 2.45) is 0 Å². The van der Waals surface area contributed by atoms with Crippen LogP contribution in [0, 0.1) is 0 Å². The summed E-state index contributed by atoms with van der Waals surface area (Å²) in [5.74, 6) is 0.495. The lowest BCUT2D eigenvalue weighted by molar-refractivity contribution is -0.144. The molecule has 1 aromatic rings. The first kappa shape index (κ1) is 20.3. The smallest absolute Gasteiger partial charge is 0.305 e. The summed E-state index contributed by atoms with van der Waals surface area (Å²) in [5.41, 5.74) is 6.37. The summed E-state index contributed by atoms with van der Waals surface area (Å²) >= 11 is 0. The number of para-hydroxylation sites is 2. The lowest BCUT2D eigenvalue weighted by Gasteiger charge is -2.09. The summed E-state index contributed by atoms with van der Waals surface area (Å²) in [7, 11) is 0. The summed E-state index contributed by atoms with van der Waals surface area (Å²) in [4.78, 5) is 11.6. The van der Waals surface area contributed by atoms with Crippen LogP contribution in [0.15, 0.2) is 24.3 Å². The van der Waals surface area contributed by atoms with Crippen molar-refractivity contribution in [3.8, 4) is 5.75 Å². The molecule has 1 aromatic carbocycles. The zero-order valence-corrected chi connectivity index (χ0v) is 15.1. The Hall–Kier alpha value is -1.71. The molecule has 4 heteroatoms. The highest BCUT2D eigenvalue weighted by Gasteiger charge is 2.03. The molecule has 0 amide bonds. The van der Waals surface area contributed by atoms with Crippen LogP contribution in [-0.2, 0) is 9.53 Å². The van der Waals surface area contributed by atoms with Gasteiger partial charge >= 0.3 is 5.97 Å². The number of benzene rings is 1. The van der Waals surface area contributed by atoms with Gasteiger partial charge in [-0.05, 0) is 18.6 Å². The number of esters is 1. The van der Waals surface area contributed by atoms with Gasteiger partial charge < -0.3 is 15.2 Å². The van der Waals surface area contributed by atoms with Crippen LogP contribution in [0.4, 0.5) is 5.69 Å². The maximum Gasteiger partial charge on any atom is 0.305 e. The summed E-state index contributed by atoms with van der Waals surface area (Å²) < 4.78 is 10.7. The molecule has 2 N–H and O–H groups in total. The zero-order chi connectivity index (χ0) is 17.5. The van der Waals surface area contributed by atoms with Gasteiger partial charge in [-0.15, -0.1) is 0 Å². The molecule has 0 spiro atoms. The molecule has 0 aliphatic rings. The minimum atomic E-state index is -0.137. The van der Waals surface area contributed by atoms with E-state index in [0.717, 1.165) is 12.8 Å². The first-order chi connectivity index (χ1) is 11.7. The minimum Gasteiger partial charge on any atom is -0.488 e. The van der Waals surface area contributed by atoms with Gasteiger partial charge in [0.25, 0.3) is 0 Å². The normalized spacial score (nSPS) is 10.5. The molecule has 0 saturated carbocycles. The molecule has 136 valence electrons. The number of unbranched alkanes of at least 4 members (excludes halogenated alkanes) is 8. The highest BCUT2D eigenvalue weighted by molar-refractivity contribution is 5.69. The van der Waals surface area contributed by atoms with Gasteiger partial charge in [-0.3, -0.25) is 4.79 Å². The Kier molecular flexibility index (Phi) is 11.6. The molecule has 0 fully saturated rings. The Bertz CT molecular complexity index is 448. The third-order valence-corrected chi connectivity index (χ3v) is 4.01. The molecule has 0 unspecified atom stereocenters. The Morgan fingerprint density at radius 1 is 0.917 bits per heavy atom. The van der Waals surface area contributed by atoms with Crippen molar-refractivity contribution in [1.29, 1.82) is 0 Å². The van der Waals surface area contributed by atoms with Gasteiger partial charge in [-0.25, -0.2) is 0 Å². The molecule has 24 heavy (non-hydrogen) atoms.